The predicted molar refractivity (Wildman–Crippen MR) is 54.5 cm³/mol. The molecule has 0 bridgehead atoms. The van der Waals surface area contributed by atoms with Gasteiger partial charge < -0.3 is 10.8 Å². The van der Waals surface area contributed by atoms with Crippen molar-refractivity contribution in [1.29, 1.82) is 0 Å². The van der Waals surface area contributed by atoms with E-state index in [-0.39, 0.29) is 5.54 Å². The van der Waals surface area contributed by atoms with Crippen molar-refractivity contribution in [3.63, 3.8) is 0 Å². The normalized spacial score (nSPS) is 26.3. The van der Waals surface area contributed by atoms with Gasteiger partial charge in [-0.15, -0.1) is 0 Å². The third-order valence-electron chi connectivity index (χ3n) is 3.13. The minimum Gasteiger partial charge on any atom is -0.396 e. The third-order valence-corrected chi connectivity index (χ3v) is 3.13. The second-order valence-corrected chi connectivity index (χ2v) is 4.65. The molecule has 1 heterocycles. The Morgan fingerprint density at radius 2 is 2.23 bits per heavy atom. The molecule has 1 saturated heterocycles. The van der Waals surface area contributed by atoms with Crippen LogP contribution in [-0.4, -0.2) is 41.8 Å². The van der Waals surface area contributed by atoms with E-state index in [1.165, 1.54) is 6.42 Å². The maximum absolute atomic E-state index is 9.09. The molecule has 0 aliphatic carbocycles. The zero-order valence-electron chi connectivity index (χ0n) is 8.79. The average molecular weight is 186 g/mol. The van der Waals surface area contributed by atoms with Gasteiger partial charge in [0, 0.05) is 25.2 Å². The van der Waals surface area contributed by atoms with Crippen LogP contribution in [0.3, 0.4) is 0 Å². The van der Waals surface area contributed by atoms with Crippen molar-refractivity contribution in [2.24, 2.45) is 11.7 Å². The molecule has 1 fully saturated rings. The fraction of sp³-hybridized carbons (Fsp3) is 1.00. The summed E-state index contributed by atoms with van der Waals surface area (Å²) >= 11 is 0. The molecule has 3 nitrogen and oxygen atoms in total. The average Bonchev–Trinajstić information content (AvgIpc) is 2.18. The van der Waals surface area contributed by atoms with E-state index in [4.69, 9.17) is 10.8 Å². The van der Waals surface area contributed by atoms with Crippen molar-refractivity contribution >= 4 is 0 Å². The van der Waals surface area contributed by atoms with E-state index >= 15 is 0 Å². The van der Waals surface area contributed by atoms with Gasteiger partial charge in [-0.05, 0) is 39.2 Å². The van der Waals surface area contributed by atoms with E-state index in [1.54, 1.807) is 0 Å². The molecule has 1 aliphatic rings. The van der Waals surface area contributed by atoms with Gasteiger partial charge in [-0.2, -0.15) is 0 Å². The molecule has 0 spiro atoms. The van der Waals surface area contributed by atoms with Crippen LogP contribution in [0, 0.1) is 5.92 Å². The number of nitrogens with zero attached hydrogens (tertiary/aromatic N) is 1. The van der Waals surface area contributed by atoms with Crippen LogP contribution in [0.4, 0.5) is 0 Å². The first-order chi connectivity index (χ1) is 6.10. The maximum Gasteiger partial charge on any atom is 0.0471 e. The van der Waals surface area contributed by atoms with Crippen molar-refractivity contribution in [2.75, 3.05) is 26.2 Å². The summed E-state index contributed by atoms with van der Waals surface area (Å²) in [5, 5.41) is 9.09. The summed E-state index contributed by atoms with van der Waals surface area (Å²) in [6, 6.07) is 0. The molecular weight excluding hydrogens is 164 g/mol. The molecule has 78 valence electrons. The van der Waals surface area contributed by atoms with Gasteiger partial charge in [-0.1, -0.05) is 0 Å². The topological polar surface area (TPSA) is 49.5 Å². The minimum absolute atomic E-state index is 0.0911. The van der Waals surface area contributed by atoms with Crippen LogP contribution in [0.1, 0.15) is 26.7 Å². The van der Waals surface area contributed by atoms with E-state index in [0.717, 1.165) is 19.5 Å². The second-order valence-electron chi connectivity index (χ2n) is 4.65. The highest BCUT2D eigenvalue weighted by Crippen LogP contribution is 2.22. The molecule has 3 heteroatoms. The lowest BCUT2D eigenvalue weighted by Crippen LogP contribution is -2.53. The lowest BCUT2D eigenvalue weighted by molar-refractivity contribution is 0.0509. The van der Waals surface area contributed by atoms with Gasteiger partial charge >= 0.3 is 0 Å². The Kier molecular flexibility index (Phi) is 3.71. The fourth-order valence-corrected chi connectivity index (χ4v) is 1.89. The van der Waals surface area contributed by atoms with Crippen LogP contribution in [-0.2, 0) is 0 Å². The molecule has 13 heavy (non-hydrogen) atoms. The lowest BCUT2D eigenvalue weighted by Gasteiger charge is -2.42. The monoisotopic (exact) mass is 186 g/mol. The van der Waals surface area contributed by atoms with Gasteiger partial charge in [0.15, 0.2) is 0 Å². The Bertz CT molecular complexity index is 159. The smallest absolute Gasteiger partial charge is 0.0471 e. The highest BCUT2D eigenvalue weighted by molar-refractivity contribution is 4.86. The highest BCUT2D eigenvalue weighted by Gasteiger charge is 2.29. The summed E-state index contributed by atoms with van der Waals surface area (Å²) < 4.78 is 0. The standard InChI is InChI=1S/C10H22N2O/c1-10(2,8-11)12-5-3-4-9(6-12)7-13/h9,13H,3-8,11H2,1-2H3. The Morgan fingerprint density at radius 1 is 1.54 bits per heavy atom. The van der Waals surface area contributed by atoms with E-state index in [1.807, 2.05) is 0 Å². The van der Waals surface area contributed by atoms with Gasteiger partial charge in [0.25, 0.3) is 0 Å². The minimum atomic E-state index is 0.0911. The number of hydrogen-bond acceptors (Lipinski definition) is 3. The highest BCUT2D eigenvalue weighted by atomic mass is 16.3. The van der Waals surface area contributed by atoms with E-state index in [9.17, 15) is 0 Å². The number of piperidine rings is 1. The molecule has 0 amide bonds. The summed E-state index contributed by atoms with van der Waals surface area (Å²) in [6.07, 6.45) is 2.35. The summed E-state index contributed by atoms with van der Waals surface area (Å²) in [5.74, 6) is 0.458. The Morgan fingerprint density at radius 3 is 2.77 bits per heavy atom. The maximum atomic E-state index is 9.09. The van der Waals surface area contributed by atoms with Crippen molar-refractivity contribution < 1.29 is 5.11 Å². The lowest BCUT2D eigenvalue weighted by atomic mass is 9.93. The summed E-state index contributed by atoms with van der Waals surface area (Å²) in [6.45, 7) is 7.48. The van der Waals surface area contributed by atoms with Gasteiger partial charge in [0.2, 0.25) is 0 Å². The largest absolute Gasteiger partial charge is 0.396 e. The molecule has 0 aromatic rings. The molecule has 0 radical (unpaired) electrons. The number of nitrogens with two attached hydrogens (primary N) is 1. The first-order valence-corrected chi connectivity index (χ1v) is 5.16. The Hall–Kier alpha value is -0.120. The van der Waals surface area contributed by atoms with Crippen LogP contribution in [0.5, 0.6) is 0 Å². The molecule has 3 N–H and O–H groups in total. The zero-order valence-corrected chi connectivity index (χ0v) is 8.79. The van der Waals surface area contributed by atoms with Crippen molar-refractivity contribution in [2.45, 2.75) is 32.2 Å². The van der Waals surface area contributed by atoms with Crippen LogP contribution < -0.4 is 5.73 Å². The third kappa shape index (κ3) is 2.66. The predicted octanol–water partition coefficient (Wildman–Crippen LogP) is 0.428. The Balaban J connectivity index is 2.50. The number of rotatable bonds is 3. The van der Waals surface area contributed by atoms with Gasteiger partial charge in [0.05, 0.1) is 0 Å². The van der Waals surface area contributed by atoms with Gasteiger partial charge in [-0.3, -0.25) is 4.90 Å². The first kappa shape index (κ1) is 11.0. The SMILES string of the molecule is CC(C)(CN)N1CCCC(CO)C1. The number of aliphatic hydroxyl groups excluding tert-OH is 1. The van der Waals surface area contributed by atoms with Crippen molar-refractivity contribution in [3.05, 3.63) is 0 Å². The van der Waals surface area contributed by atoms with Crippen LogP contribution in [0.2, 0.25) is 0 Å². The molecule has 1 unspecified atom stereocenters. The second kappa shape index (κ2) is 4.40. The molecule has 0 aromatic carbocycles. The molecular formula is C10H22N2O. The zero-order chi connectivity index (χ0) is 9.90. The summed E-state index contributed by atoms with van der Waals surface area (Å²) in [5.41, 5.74) is 5.81. The van der Waals surface area contributed by atoms with Gasteiger partial charge in [-0.25, -0.2) is 0 Å². The van der Waals surface area contributed by atoms with Crippen molar-refractivity contribution in [1.82, 2.24) is 4.90 Å². The van der Waals surface area contributed by atoms with Gasteiger partial charge in [0.1, 0.15) is 0 Å². The van der Waals surface area contributed by atoms with Crippen LogP contribution in [0.15, 0.2) is 0 Å². The number of aliphatic hydroxyl groups is 1. The number of likely N-dealkylation sites (tertiary alicyclic amines) is 1. The molecule has 1 rings (SSSR count). The number of hydrogen-bond donors (Lipinski definition) is 2. The fourth-order valence-electron chi connectivity index (χ4n) is 1.89. The molecule has 0 saturated carbocycles. The quantitative estimate of drug-likeness (QED) is 0.672. The van der Waals surface area contributed by atoms with E-state index < -0.39 is 0 Å². The molecule has 0 aromatic heterocycles. The van der Waals surface area contributed by atoms with Crippen LogP contribution >= 0.6 is 0 Å². The van der Waals surface area contributed by atoms with E-state index in [0.29, 0.717) is 19.1 Å². The first-order valence-electron chi connectivity index (χ1n) is 5.16. The van der Waals surface area contributed by atoms with Crippen molar-refractivity contribution in [3.8, 4) is 0 Å². The Labute approximate surface area is 80.9 Å². The summed E-state index contributed by atoms with van der Waals surface area (Å²) in [7, 11) is 0. The van der Waals surface area contributed by atoms with E-state index in [2.05, 4.69) is 18.7 Å². The molecule has 1 aliphatic heterocycles. The summed E-state index contributed by atoms with van der Waals surface area (Å²) in [4.78, 5) is 2.40. The van der Waals surface area contributed by atoms with Crippen LogP contribution in [0.25, 0.3) is 0 Å². The molecule has 1 atom stereocenters.